The summed E-state index contributed by atoms with van der Waals surface area (Å²) in [6.45, 7) is 6.08. The number of carbonyl (C=O) groups excluding carboxylic acids is 1. The smallest absolute Gasteiger partial charge is 0.253 e. The Morgan fingerprint density at radius 2 is 1.71 bits per heavy atom. The zero-order valence-electron chi connectivity index (χ0n) is 15.8. The number of thiazole rings is 1. The van der Waals surface area contributed by atoms with E-state index >= 15 is 0 Å². The molecule has 3 aromatic rings. The van der Waals surface area contributed by atoms with E-state index in [1.165, 1.54) is 5.56 Å². The average Bonchev–Trinajstić information content (AvgIpc) is 3.18. The van der Waals surface area contributed by atoms with Crippen LogP contribution in [0.25, 0.3) is 10.6 Å². The van der Waals surface area contributed by atoms with E-state index in [0.717, 1.165) is 59.6 Å². The Morgan fingerprint density at radius 1 is 1.04 bits per heavy atom. The number of aryl methyl sites for hydroxylation is 1. The third kappa shape index (κ3) is 4.43. The highest BCUT2D eigenvalue weighted by atomic mass is 35.5. The molecule has 0 saturated carbocycles. The van der Waals surface area contributed by atoms with Crippen LogP contribution in [0.2, 0.25) is 5.02 Å². The molecule has 4 nitrogen and oxygen atoms in total. The van der Waals surface area contributed by atoms with Gasteiger partial charge in [0.1, 0.15) is 5.01 Å². The quantitative estimate of drug-likeness (QED) is 0.622. The first kappa shape index (κ1) is 19.1. The number of rotatable bonds is 4. The van der Waals surface area contributed by atoms with Crippen LogP contribution < -0.4 is 0 Å². The first-order valence-corrected chi connectivity index (χ1v) is 10.6. The van der Waals surface area contributed by atoms with E-state index in [9.17, 15) is 4.79 Å². The van der Waals surface area contributed by atoms with Crippen molar-refractivity contribution in [2.75, 3.05) is 26.2 Å². The van der Waals surface area contributed by atoms with E-state index in [4.69, 9.17) is 16.6 Å². The van der Waals surface area contributed by atoms with Crippen LogP contribution in [0.4, 0.5) is 0 Å². The lowest BCUT2D eigenvalue weighted by atomic mass is 10.1. The number of halogens is 1. The molecule has 1 fully saturated rings. The SMILES string of the molecule is Cc1ccc(C(=O)N2CCN(Cc3csc(-c4ccc(Cl)cc4)n3)CC2)cc1. The first-order valence-electron chi connectivity index (χ1n) is 9.37. The minimum Gasteiger partial charge on any atom is -0.336 e. The third-order valence-corrected chi connectivity index (χ3v) is 6.18. The Morgan fingerprint density at radius 3 is 2.39 bits per heavy atom. The van der Waals surface area contributed by atoms with Crippen LogP contribution in [0, 0.1) is 6.92 Å². The number of hydrogen-bond donors (Lipinski definition) is 0. The van der Waals surface area contributed by atoms with Crippen molar-refractivity contribution >= 4 is 28.8 Å². The zero-order chi connectivity index (χ0) is 19.5. The first-order chi connectivity index (χ1) is 13.6. The fourth-order valence-electron chi connectivity index (χ4n) is 3.32. The molecule has 1 saturated heterocycles. The van der Waals surface area contributed by atoms with E-state index in [1.807, 2.05) is 60.4 Å². The van der Waals surface area contributed by atoms with Gasteiger partial charge in [-0.15, -0.1) is 11.3 Å². The lowest BCUT2D eigenvalue weighted by Gasteiger charge is -2.34. The summed E-state index contributed by atoms with van der Waals surface area (Å²) >= 11 is 7.62. The summed E-state index contributed by atoms with van der Waals surface area (Å²) in [5.74, 6) is 0.123. The van der Waals surface area contributed by atoms with Crippen molar-refractivity contribution in [3.63, 3.8) is 0 Å². The van der Waals surface area contributed by atoms with Crippen LogP contribution in [0.3, 0.4) is 0 Å². The van der Waals surface area contributed by atoms with Gasteiger partial charge in [-0.3, -0.25) is 9.69 Å². The monoisotopic (exact) mass is 411 g/mol. The number of hydrogen-bond acceptors (Lipinski definition) is 4. The highest BCUT2D eigenvalue weighted by Gasteiger charge is 2.22. The fraction of sp³-hybridized carbons (Fsp3) is 0.273. The number of carbonyl (C=O) groups is 1. The lowest BCUT2D eigenvalue weighted by molar-refractivity contribution is 0.0627. The van der Waals surface area contributed by atoms with Gasteiger partial charge >= 0.3 is 0 Å². The van der Waals surface area contributed by atoms with Gasteiger partial charge in [0.2, 0.25) is 0 Å². The molecule has 0 N–H and O–H groups in total. The topological polar surface area (TPSA) is 36.4 Å². The summed E-state index contributed by atoms with van der Waals surface area (Å²) in [5, 5.41) is 3.87. The fourth-order valence-corrected chi connectivity index (χ4v) is 4.26. The molecule has 1 aliphatic heterocycles. The molecule has 4 rings (SSSR count). The van der Waals surface area contributed by atoms with Gasteiger partial charge in [-0.05, 0) is 31.2 Å². The predicted molar refractivity (Wildman–Crippen MR) is 115 cm³/mol. The van der Waals surface area contributed by atoms with Crippen molar-refractivity contribution in [2.24, 2.45) is 0 Å². The van der Waals surface area contributed by atoms with Crippen molar-refractivity contribution in [3.8, 4) is 10.6 Å². The van der Waals surface area contributed by atoms with E-state index in [-0.39, 0.29) is 5.91 Å². The van der Waals surface area contributed by atoms with Gasteiger partial charge < -0.3 is 4.90 Å². The number of aromatic nitrogens is 1. The lowest BCUT2D eigenvalue weighted by Crippen LogP contribution is -2.48. The van der Waals surface area contributed by atoms with Crippen molar-refractivity contribution in [2.45, 2.75) is 13.5 Å². The second kappa shape index (κ2) is 8.43. The summed E-state index contributed by atoms with van der Waals surface area (Å²) in [7, 11) is 0. The molecular formula is C22H22ClN3OS. The largest absolute Gasteiger partial charge is 0.336 e. The number of nitrogens with zero attached hydrogens (tertiary/aromatic N) is 3. The molecule has 28 heavy (non-hydrogen) atoms. The standard InChI is InChI=1S/C22H22ClN3OS/c1-16-2-4-18(5-3-16)22(27)26-12-10-25(11-13-26)14-20-15-28-21(24-20)17-6-8-19(23)9-7-17/h2-9,15H,10-14H2,1H3. The molecule has 1 amide bonds. The van der Waals surface area contributed by atoms with Crippen LogP contribution >= 0.6 is 22.9 Å². The second-order valence-corrected chi connectivity index (χ2v) is 8.38. The number of benzene rings is 2. The van der Waals surface area contributed by atoms with Crippen molar-refractivity contribution in [1.82, 2.24) is 14.8 Å². The molecule has 144 valence electrons. The maximum Gasteiger partial charge on any atom is 0.253 e. The predicted octanol–water partition coefficient (Wildman–Crippen LogP) is 4.73. The Balaban J connectivity index is 1.33. The molecule has 1 aliphatic rings. The van der Waals surface area contributed by atoms with E-state index in [1.54, 1.807) is 11.3 Å². The number of piperazine rings is 1. The van der Waals surface area contributed by atoms with E-state index in [0.29, 0.717) is 0 Å². The Kier molecular flexibility index (Phi) is 5.76. The van der Waals surface area contributed by atoms with Crippen LogP contribution in [0.15, 0.2) is 53.9 Å². The highest BCUT2D eigenvalue weighted by molar-refractivity contribution is 7.13. The van der Waals surface area contributed by atoms with Crippen molar-refractivity contribution < 1.29 is 4.79 Å². The summed E-state index contributed by atoms with van der Waals surface area (Å²) in [6, 6.07) is 15.6. The summed E-state index contributed by atoms with van der Waals surface area (Å²) in [4.78, 5) is 21.7. The van der Waals surface area contributed by atoms with E-state index in [2.05, 4.69) is 10.3 Å². The van der Waals surface area contributed by atoms with Crippen molar-refractivity contribution in [3.05, 3.63) is 75.8 Å². The Labute approximate surface area is 174 Å². The molecule has 0 unspecified atom stereocenters. The van der Waals surface area contributed by atoms with Gasteiger partial charge in [0.05, 0.1) is 5.69 Å². The average molecular weight is 412 g/mol. The van der Waals surface area contributed by atoms with Crippen molar-refractivity contribution in [1.29, 1.82) is 0 Å². The molecule has 0 aliphatic carbocycles. The van der Waals surface area contributed by atoms with Gasteiger partial charge in [0.25, 0.3) is 5.91 Å². The van der Waals surface area contributed by atoms with Gasteiger partial charge in [-0.2, -0.15) is 0 Å². The third-order valence-electron chi connectivity index (χ3n) is 4.99. The number of amides is 1. The molecule has 2 aromatic carbocycles. The van der Waals surface area contributed by atoms with Gasteiger partial charge in [0.15, 0.2) is 0 Å². The molecular weight excluding hydrogens is 390 g/mol. The zero-order valence-corrected chi connectivity index (χ0v) is 17.3. The molecule has 6 heteroatoms. The minimum atomic E-state index is 0.123. The van der Waals surface area contributed by atoms with Gasteiger partial charge in [-0.1, -0.05) is 41.4 Å². The maximum absolute atomic E-state index is 12.6. The van der Waals surface area contributed by atoms with Crippen LogP contribution in [-0.4, -0.2) is 46.9 Å². The molecule has 0 spiro atoms. The van der Waals surface area contributed by atoms with Crippen LogP contribution in [-0.2, 0) is 6.54 Å². The second-order valence-electron chi connectivity index (χ2n) is 7.09. The molecule has 1 aromatic heterocycles. The van der Waals surface area contributed by atoms with Gasteiger partial charge in [-0.25, -0.2) is 4.98 Å². The van der Waals surface area contributed by atoms with Crippen LogP contribution in [0.1, 0.15) is 21.6 Å². The normalized spacial score (nSPS) is 15.0. The maximum atomic E-state index is 12.6. The molecule has 0 radical (unpaired) electrons. The highest BCUT2D eigenvalue weighted by Crippen LogP contribution is 2.25. The molecule has 2 heterocycles. The van der Waals surface area contributed by atoms with Gasteiger partial charge in [0, 0.05) is 54.3 Å². The Hall–Kier alpha value is -2.21. The van der Waals surface area contributed by atoms with E-state index < -0.39 is 0 Å². The minimum absolute atomic E-state index is 0.123. The Bertz CT molecular complexity index is 945. The van der Waals surface area contributed by atoms with Crippen LogP contribution in [0.5, 0.6) is 0 Å². The summed E-state index contributed by atoms with van der Waals surface area (Å²) in [6.07, 6.45) is 0. The molecule has 0 bridgehead atoms. The summed E-state index contributed by atoms with van der Waals surface area (Å²) < 4.78 is 0. The summed E-state index contributed by atoms with van der Waals surface area (Å²) in [5.41, 5.74) is 4.11. The molecule has 0 atom stereocenters.